The van der Waals surface area contributed by atoms with Crippen molar-refractivity contribution < 1.29 is 9.18 Å². The molecule has 2 aromatic carbocycles. The molecule has 1 nitrogen and oxygen atoms in total. The van der Waals surface area contributed by atoms with Gasteiger partial charge >= 0.3 is 0 Å². The summed E-state index contributed by atoms with van der Waals surface area (Å²) in [5, 5.41) is 0. The molecule has 2 aromatic rings. The predicted octanol–water partition coefficient (Wildman–Crippen LogP) is 5.08. The van der Waals surface area contributed by atoms with Crippen molar-refractivity contribution in [2.45, 2.75) is 13.3 Å². The maximum atomic E-state index is 13.0. The number of halogens is 3. The Balaban J connectivity index is 2.25. The lowest BCUT2D eigenvalue weighted by molar-refractivity contribution is 0.0992. The van der Waals surface area contributed by atoms with Crippen molar-refractivity contribution in [3.05, 3.63) is 67.9 Å². The molecule has 2 rings (SSSR count). The molecule has 0 saturated carbocycles. The Hall–Kier alpha value is -1.00. The fourth-order valence-electron chi connectivity index (χ4n) is 1.78. The van der Waals surface area contributed by atoms with Crippen LogP contribution in [0.4, 0.5) is 4.39 Å². The Morgan fingerprint density at radius 1 is 1.11 bits per heavy atom. The molecule has 0 bridgehead atoms. The molecule has 4 heteroatoms. The fraction of sp³-hybridized carbons (Fsp3) is 0.133. The van der Waals surface area contributed by atoms with E-state index in [1.165, 1.54) is 12.1 Å². The van der Waals surface area contributed by atoms with Crippen molar-refractivity contribution in [1.29, 1.82) is 0 Å². The van der Waals surface area contributed by atoms with Crippen LogP contribution in [-0.4, -0.2) is 5.78 Å². The second kappa shape index (κ2) is 5.97. The van der Waals surface area contributed by atoms with Gasteiger partial charge in [0.05, 0.1) is 0 Å². The summed E-state index contributed by atoms with van der Waals surface area (Å²) < 4.78 is 14.4. The Morgan fingerprint density at radius 3 is 2.47 bits per heavy atom. The predicted molar refractivity (Wildman–Crippen MR) is 81.0 cm³/mol. The summed E-state index contributed by atoms with van der Waals surface area (Å²) in [5.74, 6) is -0.321. The largest absolute Gasteiger partial charge is 0.294 e. The van der Waals surface area contributed by atoms with Crippen molar-refractivity contribution in [3.8, 4) is 0 Å². The van der Waals surface area contributed by atoms with Gasteiger partial charge in [0.15, 0.2) is 5.78 Å². The summed E-state index contributed by atoms with van der Waals surface area (Å²) in [7, 11) is 0. The van der Waals surface area contributed by atoms with Gasteiger partial charge in [-0.05, 0) is 42.3 Å². The summed E-state index contributed by atoms with van der Waals surface area (Å²) >= 11 is 6.67. The van der Waals surface area contributed by atoms with Gasteiger partial charge in [0.1, 0.15) is 5.82 Å². The normalized spacial score (nSPS) is 10.5. The highest BCUT2D eigenvalue weighted by Gasteiger charge is 2.13. The molecule has 0 spiro atoms. The monoisotopic (exact) mass is 384 g/mol. The highest BCUT2D eigenvalue weighted by atomic mass is 79.9. The third-order valence-corrected chi connectivity index (χ3v) is 4.19. The first-order valence-electron chi connectivity index (χ1n) is 5.70. The number of carbonyl (C=O) groups excluding carboxylic acids is 1. The van der Waals surface area contributed by atoms with Crippen LogP contribution in [-0.2, 0) is 6.42 Å². The average molecular weight is 386 g/mol. The quantitative estimate of drug-likeness (QED) is 0.673. The Bertz CT molecular complexity index is 638. The van der Waals surface area contributed by atoms with Gasteiger partial charge in [0, 0.05) is 20.9 Å². The fourth-order valence-corrected chi connectivity index (χ4v) is 2.98. The molecule has 0 saturated heterocycles. The maximum absolute atomic E-state index is 13.0. The standard InChI is InChI=1S/C15H11Br2FO/c1-9-2-5-12(14(17)6-9)15(19)7-10-3-4-11(18)8-13(10)16/h2-6,8H,7H2,1H3. The Morgan fingerprint density at radius 2 is 1.84 bits per heavy atom. The molecule has 0 amide bonds. The molecule has 0 fully saturated rings. The van der Waals surface area contributed by atoms with Crippen LogP contribution < -0.4 is 0 Å². The Kier molecular flexibility index (Phi) is 4.53. The van der Waals surface area contributed by atoms with Crippen LogP contribution in [0.25, 0.3) is 0 Å². The van der Waals surface area contributed by atoms with E-state index in [4.69, 9.17) is 0 Å². The van der Waals surface area contributed by atoms with Gasteiger partial charge in [-0.25, -0.2) is 4.39 Å². The van der Waals surface area contributed by atoms with E-state index < -0.39 is 0 Å². The highest BCUT2D eigenvalue weighted by Crippen LogP contribution is 2.23. The van der Waals surface area contributed by atoms with E-state index in [1.807, 2.05) is 19.1 Å². The summed E-state index contributed by atoms with van der Waals surface area (Å²) in [6.07, 6.45) is 0.239. The van der Waals surface area contributed by atoms with Crippen LogP contribution >= 0.6 is 31.9 Å². The van der Waals surface area contributed by atoms with Gasteiger partial charge in [-0.2, -0.15) is 0 Å². The Labute approximate surface area is 128 Å². The molecule has 0 aliphatic carbocycles. The second-order valence-corrected chi connectivity index (χ2v) is 6.03. The van der Waals surface area contributed by atoms with Crippen LogP contribution in [0, 0.1) is 12.7 Å². The average Bonchev–Trinajstić information content (AvgIpc) is 2.32. The lowest BCUT2D eigenvalue weighted by Crippen LogP contribution is -2.05. The first kappa shape index (κ1) is 14.4. The van der Waals surface area contributed by atoms with Crippen molar-refractivity contribution in [1.82, 2.24) is 0 Å². The molecule has 0 heterocycles. The lowest BCUT2D eigenvalue weighted by Gasteiger charge is -2.07. The summed E-state index contributed by atoms with van der Waals surface area (Å²) in [6.45, 7) is 1.97. The number of aryl methyl sites for hydroxylation is 1. The number of Topliss-reactive ketones (excluding diaryl/α,β-unsaturated/α-hetero) is 1. The topological polar surface area (TPSA) is 17.1 Å². The van der Waals surface area contributed by atoms with E-state index in [-0.39, 0.29) is 18.0 Å². The number of hydrogen-bond acceptors (Lipinski definition) is 1. The first-order chi connectivity index (χ1) is 8.97. The molecule has 0 N–H and O–H groups in total. The van der Waals surface area contributed by atoms with Crippen molar-refractivity contribution in [3.63, 3.8) is 0 Å². The van der Waals surface area contributed by atoms with Gasteiger partial charge in [-0.3, -0.25) is 4.79 Å². The van der Waals surface area contributed by atoms with Gasteiger partial charge < -0.3 is 0 Å². The first-order valence-corrected chi connectivity index (χ1v) is 7.29. The molecule has 0 atom stereocenters. The third kappa shape index (κ3) is 3.51. The number of hydrogen-bond donors (Lipinski definition) is 0. The molecule has 0 aliphatic heterocycles. The third-order valence-electron chi connectivity index (χ3n) is 2.79. The molecular formula is C15H11Br2FO. The molecule has 0 aromatic heterocycles. The number of carbonyl (C=O) groups is 1. The van der Waals surface area contributed by atoms with Crippen LogP contribution in [0.2, 0.25) is 0 Å². The number of benzene rings is 2. The molecule has 0 unspecified atom stereocenters. The zero-order chi connectivity index (χ0) is 14.0. The van der Waals surface area contributed by atoms with Crippen molar-refractivity contribution >= 4 is 37.6 Å². The maximum Gasteiger partial charge on any atom is 0.168 e. The van der Waals surface area contributed by atoms with Crippen molar-refractivity contribution in [2.24, 2.45) is 0 Å². The van der Waals surface area contributed by atoms with Crippen LogP contribution in [0.3, 0.4) is 0 Å². The minimum Gasteiger partial charge on any atom is -0.294 e. The molecular weight excluding hydrogens is 375 g/mol. The smallest absolute Gasteiger partial charge is 0.168 e. The molecule has 98 valence electrons. The van der Waals surface area contributed by atoms with E-state index in [1.54, 1.807) is 12.1 Å². The van der Waals surface area contributed by atoms with Crippen LogP contribution in [0.1, 0.15) is 21.5 Å². The van der Waals surface area contributed by atoms with Gasteiger partial charge in [0.25, 0.3) is 0 Å². The highest BCUT2D eigenvalue weighted by molar-refractivity contribution is 9.10. The summed E-state index contributed by atoms with van der Waals surface area (Å²) in [4.78, 5) is 12.2. The molecule has 0 aliphatic rings. The van der Waals surface area contributed by atoms with E-state index in [9.17, 15) is 9.18 Å². The van der Waals surface area contributed by atoms with E-state index in [0.717, 1.165) is 15.6 Å². The zero-order valence-electron chi connectivity index (χ0n) is 10.2. The van der Waals surface area contributed by atoms with Gasteiger partial charge in [0.2, 0.25) is 0 Å². The minimum atomic E-state index is -0.320. The minimum absolute atomic E-state index is 0.000756. The van der Waals surface area contributed by atoms with Gasteiger partial charge in [-0.15, -0.1) is 0 Å². The second-order valence-electron chi connectivity index (χ2n) is 4.32. The van der Waals surface area contributed by atoms with Crippen molar-refractivity contribution in [2.75, 3.05) is 0 Å². The van der Waals surface area contributed by atoms with E-state index in [2.05, 4.69) is 31.9 Å². The van der Waals surface area contributed by atoms with Crippen LogP contribution in [0.5, 0.6) is 0 Å². The summed E-state index contributed by atoms with van der Waals surface area (Å²) in [6, 6.07) is 9.97. The number of ketones is 1. The summed E-state index contributed by atoms with van der Waals surface area (Å²) in [5.41, 5.74) is 2.51. The zero-order valence-corrected chi connectivity index (χ0v) is 13.4. The van der Waals surface area contributed by atoms with Crippen LogP contribution in [0.15, 0.2) is 45.3 Å². The number of rotatable bonds is 3. The van der Waals surface area contributed by atoms with E-state index >= 15 is 0 Å². The van der Waals surface area contributed by atoms with Gasteiger partial charge in [-0.1, -0.05) is 44.0 Å². The molecule has 0 radical (unpaired) electrons. The lowest BCUT2D eigenvalue weighted by atomic mass is 10.0. The molecule has 19 heavy (non-hydrogen) atoms. The SMILES string of the molecule is Cc1ccc(C(=O)Cc2ccc(F)cc2Br)c(Br)c1. The van der Waals surface area contributed by atoms with E-state index in [0.29, 0.717) is 10.0 Å².